The molecule has 1 aliphatic rings. The third-order valence-corrected chi connectivity index (χ3v) is 3.55. The second-order valence-electron chi connectivity index (χ2n) is 4.99. The summed E-state index contributed by atoms with van der Waals surface area (Å²) in [5.74, 6) is 5.39. The Morgan fingerprint density at radius 1 is 1.50 bits per heavy atom. The number of carbonyl (C=O) groups excluding carboxylic acids is 1. The predicted molar refractivity (Wildman–Crippen MR) is 76.3 cm³/mol. The van der Waals surface area contributed by atoms with Crippen LogP contribution in [0.25, 0.3) is 0 Å². The van der Waals surface area contributed by atoms with E-state index in [9.17, 15) is 9.90 Å². The average Bonchev–Trinajstić information content (AvgIpc) is 2.45. The van der Waals surface area contributed by atoms with E-state index in [1.807, 2.05) is 13.0 Å². The number of carbonyl (C=O) groups is 1. The summed E-state index contributed by atoms with van der Waals surface area (Å²) in [7, 11) is 0. The van der Waals surface area contributed by atoms with Gasteiger partial charge in [-0.3, -0.25) is 4.79 Å². The molecule has 1 amide bonds. The Morgan fingerprint density at radius 2 is 2.30 bits per heavy atom. The average molecular weight is 273 g/mol. The number of rotatable bonds is 1. The smallest absolute Gasteiger partial charge is 0.254 e. The fourth-order valence-corrected chi connectivity index (χ4v) is 2.45. The molecule has 1 atom stereocenters. The maximum Gasteiger partial charge on any atom is 0.254 e. The molecule has 0 radical (unpaired) electrons. The summed E-state index contributed by atoms with van der Waals surface area (Å²) >= 11 is 0. The van der Waals surface area contributed by atoms with E-state index in [1.54, 1.807) is 17.0 Å². The van der Waals surface area contributed by atoms with Crippen LogP contribution in [0.15, 0.2) is 18.2 Å². The molecule has 1 fully saturated rings. The minimum absolute atomic E-state index is 0.0612. The molecule has 0 spiro atoms. The maximum absolute atomic E-state index is 12.5. The Balaban J connectivity index is 2.26. The number of aliphatic hydroxyl groups excluding tert-OH is 2. The van der Waals surface area contributed by atoms with Crippen molar-refractivity contribution in [3.05, 3.63) is 34.9 Å². The third kappa shape index (κ3) is 3.19. The van der Waals surface area contributed by atoms with Gasteiger partial charge >= 0.3 is 0 Å². The topological polar surface area (TPSA) is 60.8 Å². The number of amides is 1. The summed E-state index contributed by atoms with van der Waals surface area (Å²) in [5.41, 5.74) is 2.19. The molecule has 1 aromatic rings. The minimum Gasteiger partial charge on any atom is -0.391 e. The lowest BCUT2D eigenvalue weighted by Crippen LogP contribution is -2.42. The van der Waals surface area contributed by atoms with Crippen LogP contribution in [-0.4, -0.2) is 46.8 Å². The van der Waals surface area contributed by atoms with Crippen LogP contribution in [0, 0.1) is 18.8 Å². The van der Waals surface area contributed by atoms with E-state index in [0.717, 1.165) is 24.0 Å². The number of aliphatic hydroxyl groups is 2. The summed E-state index contributed by atoms with van der Waals surface area (Å²) in [6, 6.07) is 5.41. The van der Waals surface area contributed by atoms with E-state index in [4.69, 9.17) is 5.11 Å². The quantitative estimate of drug-likeness (QED) is 0.749. The fourth-order valence-electron chi connectivity index (χ4n) is 2.45. The van der Waals surface area contributed by atoms with Crippen LogP contribution in [0.1, 0.15) is 34.3 Å². The van der Waals surface area contributed by atoms with E-state index in [-0.39, 0.29) is 12.5 Å². The van der Waals surface area contributed by atoms with Gasteiger partial charge in [0.15, 0.2) is 0 Å². The van der Waals surface area contributed by atoms with Crippen LogP contribution >= 0.6 is 0 Å². The lowest BCUT2D eigenvalue weighted by molar-refractivity contribution is 0.0473. The Kier molecular flexibility index (Phi) is 4.78. The van der Waals surface area contributed by atoms with E-state index >= 15 is 0 Å². The van der Waals surface area contributed by atoms with Crippen molar-refractivity contribution in [2.24, 2.45) is 0 Å². The number of benzene rings is 1. The first kappa shape index (κ1) is 14.6. The second-order valence-corrected chi connectivity index (χ2v) is 4.99. The summed E-state index contributed by atoms with van der Waals surface area (Å²) in [4.78, 5) is 14.2. The molecule has 2 N–H and O–H groups in total. The third-order valence-electron chi connectivity index (χ3n) is 3.55. The fraction of sp³-hybridized carbons (Fsp3) is 0.438. The zero-order valence-electron chi connectivity index (χ0n) is 11.6. The number of likely N-dealkylation sites (tertiary alicyclic amines) is 1. The Hall–Kier alpha value is -1.83. The zero-order chi connectivity index (χ0) is 14.5. The summed E-state index contributed by atoms with van der Waals surface area (Å²) in [5, 5.41) is 18.4. The Morgan fingerprint density at radius 3 is 3.00 bits per heavy atom. The standard InChI is InChI=1S/C16H19NO3/c1-12-13(6-4-10-18)5-2-8-15(12)16(20)17-9-3-7-14(19)11-17/h2,5,8,14,18-19H,3,7,9-11H2,1H3. The molecule has 0 saturated carbocycles. The highest BCUT2D eigenvalue weighted by atomic mass is 16.3. The first-order valence-corrected chi connectivity index (χ1v) is 6.80. The molecule has 4 heteroatoms. The van der Waals surface area contributed by atoms with Gasteiger partial charge in [0.25, 0.3) is 5.91 Å². The van der Waals surface area contributed by atoms with Crippen LogP contribution in [0.2, 0.25) is 0 Å². The Labute approximate surface area is 119 Å². The van der Waals surface area contributed by atoms with E-state index in [0.29, 0.717) is 18.7 Å². The second kappa shape index (κ2) is 6.56. The van der Waals surface area contributed by atoms with Crippen molar-refractivity contribution in [3.8, 4) is 11.8 Å². The molecule has 4 nitrogen and oxygen atoms in total. The highest BCUT2D eigenvalue weighted by molar-refractivity contribution is 5.96. The summed E-state index contributed by atoms with van der Waals surface area (Å²) < 4.78 is 0. The van der Waals surface area contributed by atoms with E-state index in [2.05, 4.69) is 11.8 Å². The van der Waals surface area contributed by atoms with Crippen molar-refractivity contribution in [3.63, 3.8) is 0 Å². The van der Waals surface area contributed by atoms with Crippen molar-refractivity contribution in [2.75, 3.05) is 19.7 Å². The molecule has 20 heavy (non-hydrogen) atoms. The summed E-state index contributed by atoms with van der Waals surface area (Å²) in [6.07, 6.45) is 1.16. The first-order valence-electron chi connectivity index (χ1n) is 6.80. The number of β-amino-alcohol motifs (C(OH)–C–C–N with tert-alkyl or cyclic N) is 1. The van der Waals surface area contributed by atoms with Crippen molar-refractivity contribution in [1.29, 1.82) is 0 Å². The number of piperidine rings is 1. The molecular formula is C16H19NO3. The molecular weight excluding hydrogens is 254 g/mol. The number of hydrogen-bond acceptors (Lipinski definition) is 3. The van der Waals surface area contributed by atoms with Crippen LogP contribution in [0.4, 0.5) is 0 Å². The SMILES string of the molecule is Cc1c(C#CCO)cccc1C(=O)N1CCCC(O)C1. The zero-order valence-corrected chi connectivity index (χ0v) is 11.6. The highest BCUT2D eigenvalue weighted by Gasteiger charge is 2.24. The molecule has 2 rings (SSSR count). The van der Waals surface area contributed by atoms with Gasteiger partial charge in [0.1, 0.15) is 6.61 Å². The molecule has 1 saturated heterocycles. The van der Waals surface area contributed by atoms with Gasteiger partial charge in [0, 0.05) is 24.2 Å². The maximum atomic E-state index is 12.5. The predicted octanol–water partition coefficient (Wildman–Crippen LogP) is 0.936. The first-order chi connectivity index (χ1) is 9.63. The van der Waals surface area contributed by atoms with Gasteiger partial charge in [-0.25, -0.2) is 0 Å². The van der Waals surface area contributed by atoms with Gasteiger partial charge in [-0.2, -0.15) is 0 Å². The van der Waals surface area contributed by atoms with Gasteiger partial charge in [-0.1, -0.05) is 17.9 Å². The van der Waals surface area contributed by atoms with Gasteiger partial charge in [-0.15, -0.1) is 0 Å². The molecule has 1 aliphatic heterocycles. The lowest BCUT2D eigenvalue weighted by atomic mass is 10.00. The Bertz CT molecular complexity index is 557. The molecule has 106 valence electrons. The van der Waals surface area contributed by atoms with E-state index in [1.165, 1.54) is 0 Å². The molecule has 0 aromatic heterocycles. The van der Waals surface area contributed by atoms with Crippen LogP contribution < -0.4 is 0 Å². The normalized spacial score (nSPS) is 18.4. The molecule has 1 heterocycles. The van der Waals surface area contributed by atoms with Crippen molar-refractivity contribution >= 4 is 5.91 Å². The largest absolute Gasteiger partial charge is 0.391 e. The molecule has 0 bridgehead atoms. The van der Waals surface area contributed by atoms with Gasteiger partial charge in [0.05, 0.1) is 6.10 Å². The molecule has 1 unspecified atom stereocenters. The monoisotopic (exact) mass is 273 g/mol. The van der Waals surface area contributed by atoms with Gasteiger partial charge < -0.3 is 15.1 Å². The number of nitrogens with zero attached hydrogens (tertiary/aromatic N) is 1. The van der Waals surface area contributed by atoms with Crippen molar-refractivity contribution in [1.82, 2.24) is 4.90 Å². The van der Waals surface area contributed by atoms with Gasteiger partial charge in [0.2, 0.25) is 0 Å². The van der Waals surface area contributed by atoms with Crippen molar-refractivity contribution < 1.29 is 15.0 Å². The van der Waals surface area contributed by atoms with Crippen molar-refractivity contribution in [2.45, 2.75) is 25.9 Å². The van der Waals surface area contributed by atoms with Crippen LogP contribution in [0.3, 0.4) is 0 Å². The van der Waals surface area contributed by atoms with Crippen LogP contribution in [0.5, 0.6) is 0 Å². The number of hydrogen-bond donors (Lipinski definition) is 2. The highest BCUT2D eigenvalue weighted by Crippen LogP contribution is 2.18. The van der Waals surface area contributed by atoms with Crippen LogP contribution in [-0.2, 0) is 0 Å². The molecule has 1 aromatic carbocycles. The summed E-state index contributed by atoms with van der Waals surface area (Å²) in [6.45, 7) is 2.73. The van der Waals surface area contributed by atoms with Gasteiger partial charge in [-0.05, 0) is 37.5 Å². The lowest BCUT2D eigenvalue weighted by Gasteiger charge is -2.30. The molecule has 0 aliphatic carbocycles. The minimum atomic E-state index is -0.426. The van der Waals surface area contributed by atoms with E-state index < -0.39 is 6.10 Å².